The Labute approximate surface area is 199 Å². The van der Waals surface area contributed by atoms with E-state index in [4.69, 9.17) is 4.98 Å². The standard InChI is InChI=1S/C25H28N6OS/c1-4-20-21(15-26)24(31-12-6-11-30(3)13-14-31)29-25(22(20)16-27)33-17-18-7-9-19(10-8-18)28-23(32)5-2/h5,7-10H,2,4,6,11-14,17H2,1,3H3,(H,28,32). The lowest BCUT2D eigenvalue weighted by atomic mass is 10.0. The molecule has 0 aliphatic carbocycles. The number of carbonyl (C=O) groups is 1. The number of likely N-dealkylation sites (N-methyl/N-ethyl adjacent to an activating group) is 1. The molecule has 0 saturated carbocycles. The normalized spacial score (nSPS) is 14.1. The van der Waals surface area contributed by atoms with Crippen LogP contribution in [0.3, 0.4) is 0 Å². The van der Waals surface area contributed by atoms with Crippen LogP contribution in [0, 0.1) is 22.7 Å². The van der Waals surface area contributed by atoms with Crippen molar-refractivity contribution in [3.8, 4) is 12.1 Å². The number of nitrogens with zero attached hydrogens (tertiary/aromatic N) is 5. The quantitative estimate of drug-likeness (QED) is 0.494. The van der Waals surface area contributed by atoms with E-state index in [9.17, 15) is 15.3 Å². The Balaban J connectivity index is 1.89. The highest BCUT2D eigenvalue weighted by atomic mass is 32.2. The van der Waals surface area contributed by atoms with Crippen molar-refractivity contribution in [3.05, 3.63) is 59.2 Å². The molecule has 7 nitrogen and oxygen atoms in total. The van der Waals surface area contributed by atoms with Gasteiger partial charge in [-0.25, -0.2) is 4.98 Å². The number of pyridine rings is 1. The van der Waals surface area contributed by atoms with E-state index in [1.807, 2.05) is 31.2 Å². The molecule has 0 radical (unpaired) electrons. The Morgan fingerprint density at radius 1 is 1.18 bits per heavy atom. The number of nitrogens with one attached hydrogen (secondary N) is 1. The zero-order valence-electron chi connectivity index (χ0n) is 19.1. The molecule has 0 spiro atoms. The van der Waals surface area contributed by atoms with Crippen molar-refractivity contribution in [2.45, 2.75) is 30.5 Å². The van der Waals surface area contributed by atoms with Crippen LogP contribution >= 0.6 is 11.8 Å². The number of amides is 1. The highest BCUT2D eigenvalue weighted by Gasteiger charge is 2.24. The maximum Gasteiger partial charge on any atom is 0.247 e. The number of hydrogen-bond donors (Lipinski definition) is 1. The number of benzene rings is 1. The molecule has 1 aromatic heterocycles. The molecule has 1 N–H and O–H groups in total. The molecule has 1 saturated heterocycles. The first-order chi connectivity index (χ1) is 16.0. The maximum atomic E-state index is 11.5. The summed E-state index contributed by atoms with van der Waals surface area (Å²) < 4.78 is 0. The van der Waals surface area contributed by atoms with Gasteiger partial charge < -0.3 is 15.1 Å². The van der Waals surface area contributed by atoms with Gasteiger partial charge in [0, 0.05) is 31.1 Å². The van der Waals surface area contributed by atoms with Crippen molar-refractivity contribution in [1.82, 2.24) is 9.88 Å². The van der Waals surface area contributed by atoms with E-state index in [0.717, 1.165) is 43.7 Å². The summed E-state index contributed by atoms with van der Waals surface area (Å²) in [5.41, 5.74) is 3.52. The van der Waals surface area contributed by atoms with Gasteiger partial charge >= 0.3 is 0 Å². The van der Waals surface area contributed by atoms with Gasteiger partial charge in [0.1, 0.15) is 23.0 Å². The van der Waals surface area contributed by atoms with Gasteiger partial charge in [0.15, 0.2) is 0 Å². The molecule has 1 aliphatic heterocycles. The number of nitriles is 2. The van der Waals surface area contributed by atoms with Crippen LogP contribution in [0.1, 0.15) is 35.6 Å². The van der Waals surface area contributed by atoms with Crippen LogP contribution in [0.25, 0.3) is 0 Å². The summed E-state index contributed by atoms with van der Waals surface area (Å²) >= 11 is 1.50. The second-order valence-corrected chi connectivity index (χ2v) is 8.83. The number of thioether (sulfide) groups is 1. The molecule has 0 unspecified atom stereocenters. The molecule has 0 bridgehead atoms. The SMILES string of the molecule is C=CC(=O)Nc1ccc(CSc2nc(N3CCCN(C)CC3)c(C#N)c(CC)c2C#N)cc1. The van der Waals surface area contributed by atoms with Crippen molar-refractivity contribution in [1.29, 1.82) is 10.5 Å². The number of hydrogen-bond acceptors (Lipinski definition) is 7. The summed E-state index contributed by atoms with van der Waals surface area (Å²) in [6.07, 6.45) is 2.83. The van der Waals surface area contributed by atoms with E-state index < -0.39 is 0 Å². The van der Waals surface area contributed by atoms with Crippen LogP contribution in [0.5, 0.6) is 0 Å². The molecular formula is C25H28N6OS. The maximum absolute atomic E-state index is 11.5. The third kappa shape index (κ3) is 5.92. The van der Waals surface area contributed by atoms with Gasteiger partial charge in [0.25, 0.3) is 0 Å². The number of rotatable bonds is 7. The molecular weight excluding hydrogens is 432 g/mol. The summed E-state index contributed by atoms with van der Waals surface area (Å²) in [4.78, 5) is 20.8. The largest absolute Gasteiger partial charge is 0.354 e. The summed E-state index contributed by atoms with van der Waals surface area (Å²) in [6, 6.07) is 12.2. The first kappa shape index (κ1) is 24.3. The van der Waals surface area contributed by atoms with Crippen LogP contribution in [-0.4, -0.2) is 49.0 Å². The van der Waals surface area contributed by atoms with Gasteiger partial charge in [-0.3, -0.25) is 4.79 Å². The predicted octanol–water partition coefficient (Wildman–Crippen LogP) is 3.95. The van der Waals surface area contributed by atoms with Crippen LogP contribution in [0.15, 0.2) is 41.9 Å². The molecule has 2 aromatic rings. The van der Waals surface area contributed by atoms with Crippen molar-refractivity contribution < 1.29 is 4.79 Å². The minimum absolute atomic E-state index is 0.253. The average molecular weight is 461 g/mol. The molecule has 8 heteroatoms. The first-order valence-corrected chi connectivity index (χ1v) is 11.9. The molecule has 1 amide bonds. The van der Waals surface area contributed by atoms with Crippen LogP contribution < -0.4 is 10.2 Å². The molecule has 0 atom stereocenters. The third-order valence-corrected chi connectivity index (χ3v) is 6.67. The Bertz CT molecular complexity index is 1100. The Morgan fingerprint density at radius 3 is 2.55 bits per heavy atom. The third-order valence-electron chi connectivity index (χ3n) is 5.63. The fraction of sp³-hybridized carbons (Fsp3) is 0.360. The van der Waals surface area contributed by atoms with Crippen LogP contribution in [0.2, 0.25) is 0 Å². The van der Waals surface area contributed by atoms with Gasteiger partial charge in [-0.05, 0) is 55.8 Å². The lowest BCUT2D eigenvalue weighted by molar-refractivity contribution is -0.111. The molecule has 3 rings (SSSR count). The van der Waals surface area contributed by atoms with E-state index in [2.05, 4.69) is 40.9 Å². The predicted molar refractivity (Wildman–Crippen MR) is 132 cm³/mol. The lowest BCUT2D eigenvalue weighted by Crippen LogP contribution is -2.30. The fourth-order valence-corrected chi connectivity index (χ4v) is 4.76. The summed E-state index contributed by atoms with van der Waals surface area (Å²) in [7, 11) is 2.10. The van der Waals surface area contributed by atoms with Gasteiger partial charge in [0.05, 0.1) is 11.1 Å². The number of aromatic nitrogens is 1. The van der Waals surface area contributed by atoms with E-state index in [-0.39, 0.29) is 5.91 Å². The van der Waals surface area contributed by atoms with E-state index >= 15 is 0 Å². The van der Waals surface area contributed by atoms with Crippen molar-refractivity contribution in [2.24, 2.45) is 0 Å². The van der Waals surface area contributed by atoms with Gasteiger partial charge in [-0.15, -0.1) is 11.8 Å². The van der Waals surface area contributed by atoms with E-state index in [1.54, 1.807) is 0 Å². The van der Waals surface area contributed by atoms with Crippen LogP contribution in [-0.2, 0) is 17.0 Å². The number of anilines is 2. The minimum Gasteiger partial charge on any atom is -0.354 e. The molecule has 1 aromatic carbocycles. The Morgan fingerprint density at radius 2 is 1.91 bits per heavy atom. The minimum atomic E-state index is -0.253. The zero-order valence-corrected chi connectivity index (χ0v) is 19.9. The summed E-state index contributed by atoms with van der Waals surface area (Å²) in [5, 5.41) is 23.2. The topological polar surface area (TPSA) is 96.1 Å². The molecule has 1 fully saturated rings. The first-order valence-electron chi connectivity index (χ1n) is 11.0. The number of carbonyl (C=O) groups excluding carboxylic acids is 1. The van der Waals surface area contributed by atoms with Gasteiger partial charge in [-0.2, -0.15) is 10.5 Å². The smallest absolute Gasteiger partial charge is 0.247 e. The monoisotopic (exact) mass is 460 g/mol. The highest BCUT2D eigenvalue weighted by molar-refractivity contribution is 7.98. The van der Waals surface area contributed by atoms with Crippen molar-refractivity contribution >= 4 is 29.2 Å². The lowest BCUT2D eigenvalue weighted by Gasteiger charge is -2.25. The molecule has 2 heterocycles. The Kier molecular flexibility index (Phi) is 8.48. The molecule has 1 aliphatic rings. The van der Waals surface area contributed by atoms with E-state index in [0.29, 0.717) is 39.8 Å². The second kappa shape index (κ2) is 11.5. The summed E-state index contributed by atoms with van der Waals surface area (Å²) in [5.74, 6) is 1.06. The molecule has 33 heavy (non-hydrogen) atoms. The fourth-order valence-electron chi connectivity index (χ4n) is 3.80. The second-order valence-electron chi connectivity index (χ2n) is 7.87. The zero-order chi connectivity index (χ0) is 23.8. The average Bonchev–Trinajstić information content (AvgIpc) is 3.06. The van der Waals surface area contributed by atoms with E-state index in [1.165, 1.54) is 17.8 Å². The molecule has 170 valence electrons. The van der Waals surface area contributed by atoms with Crippen molar-refractivity contribution in [2.75, 3.05) is 43.4 Å². The van der Waals surface area contributed by atoms with Crippen molar-refractivity contribution in [3.63, 3.8) is 0 Å². The van der Waals surface area contributed by atoms with Crippen LogP contribution in [0.4, 0.5) is 11.5 Å². The van der Waals surface area contributed by atoms with Gasteiger partial charge in [0.2, 0.25) is 5.91 Å². The highest BCUT2D eigenvalue weighted by Crippen LogP contribution is 2.34. The van der Waals surface area contributed by atoms with Gasteiger partial charge in [-0.1, -0.05) is 25.6 Å². The summed E-state index contributed by atoms with van der Waals surface area (Å²) in [6.45, 7) is 8.99. The Hall–Kier alpha value is -3.33.